The number of fused-ring (bicyclic) bond motifs is 1. The van der Waals surface area contributed by atoms with E-state index in [0.29, 0.717) is 6.04 Å². The minimum Gasteiger partial charge on any atom is -0.242 e. The van der Waals surface area contributed by atoms with Gasteiger partial charge in [0, 0.05) is 0 Å². The third-order valence-corrected chi connectivity index (χ3v) is 6.09. The molecular formula is C24H25N3. The fourth-order valence-corrected chi connectivity index (χ4v) is 4.55. The van der Waals surface area contributed by atoms with Crippen molar-refractivity contribution in [3.8, 4) is 0 Å². The molecule has 3 aromatic rings. The first-order valence-corrected chi connectivity index (χ1v) is 10.1. The van der Waals surface area contributed by atoms with Crippen molar-refractivity contribution in [2.24, 2.45) is 0 Å². The van der Waals surface area contributed by atoms with Gasteiger partial charge in [0.2, 0.25) is 0 Å². The summed E-state index contributed by atoms with van der Waals surface area (Å²) in [6.45, 7) is 2.18. The van der Waals surface area contributed by atoms with Crippen LogP contribution in [0.25, 0.3) is 22.2 Å². The number of allylic oxidation sites excluding steroid dienone is 4. The molecule has 3 nitrogen and oxygen atoms in total. The highest BCUT2D eigenvalue weighted by atomic mass is 15.4. The zero-order chi connectivity index (χ0) is 18.2. The van der Waals surface area contributed by atoms with Crippen LogP contribution in [0.2, 0.25) is 0 Å². The Morgan fingerprint density at radius 3 is 2.70 bits per heavy atom. The van der Waals surface area contributed by atoms with Gasteiger partial charge in [-0.05, 0) is 66.2 Å². The summed E-state index contributed by atoms with van der Waals surface area (Å²) < 4.78 is 2.16. The van der Waals surface area contributed by atoms with Crippen LogP contribution in [0.5, 0.6) is 0 Å². The Labute approximate surface area is 160 Å². The summed E-state index contributed by atoms with van der Waals surface area (Å²) in [4.78, 5) is 0. The lowest BCUT2D eigenvalue weighted by Crippen LogP contribution is -2.14. The van der Waals surface area contributed by atoms with Crippen LogP contribution in [0.15, 0.2) is 54.6 Å². The molecular weight excluding hydrogens is 330 g/mol. The molecule has 2 aliphatic rings. The van der Waals surface area contributed by atoms with Gasteiger partial charge in [-0.3, -0.25) is 0 Å². The molecule has 136 valence electrons. The van der Waals surface area contributed by atoms with E-state index in [-0.39, 0.29) is 0 Å². The summed E-state index contributed by atoms with van der Waals surface area (Å²) >= 11 is 0. The Kier molecular flexibility index (Phi) is 4.16. The largest absolute Gasteiger partial charge is 0.242 e. The third kappa shape index (κ3) is 3.01. The summed E-state index contributed by atoms with van der Waals surface area (Å²) in [6.07, 6.45) is 12.1. The van der Waals surface area contributed by atoms with Crippen LogP contribution >= 0.6 is 0 Å². The van der Waals surface area contributed by atoms with E-state index in [9.17, 15) is 0 Å². The number of aryl methyl sites for hydroxylation is 1. The van der Waals surface area contributed by atoms with Gasteiger partial charge in [-0.1, -0.05) is 67.0 Å². The zero-order valence-electron chi connectivity index (χ0n) is 15.9. The standard InChI is InChI=1S/C24H25N3/c1-17-7-5-6-10-22(17)20-12-11-18(15-20)19-13-14-24-23(16-19)25-26-27(24)21-8-3-2-4-9-21/h5-7,10,12-16,21H,2-4,8-9,11H2,1H3. The highest BCUT2D eigenvalue weighted by Crippen LogP contribution is 2.35. The molecule has 0 atom stereocenters. The van der Waals surface area contributed by atoms with Gasteiger partial charge in [-0.25, -0.2) is 4.68 Å². The van der Waals surface area contributed by atoms with Crippen molar-refractivity contribution in [2.75, 3.05) is 0 Å². The molecule has 0 unspecified atom stereocenters. The maximum atomic E-state index is 4.50. The summed E-state index contributed by atoms with van der Waals surface area (Å²) in [7, 11) is 0. The van der Waals surface area contributed by atoms with Gasteiger partial charge >= 0.3 is 0 Å². The summed E-state index contributed by atoms with van der Waals surface area (Å²) in [6, 6.07) is 15.8. The van der Waals surface area contributed by atoms with Crippen LogP contribution in [0, 0.1) is 6.92 Å². The monoisotopic (exact) mass is 355 g/mol. The van der Waals surface area contributed by atoms with E-state index < -0.39 is 0 Å². The molecule has 3 heteroatoms. The molecule has 0 spiro atoms. The van der Waals surface area contributed by atoms with Crippen molar-refractivity contribution < 1.29 is 0 Å². The lowest BCUT2D eigenvalue weighted by Gasteiger charge is -2.21. The molecule has 2 aromatic carbocycles. The molecule has 0 N–H and O–H groups in total. The van der Waals surface area contributed by atoms with Crippen LogP contribution in [0.3, 0.4) is 0 Å². The van der Waals surface area contributed by atoms with E-state index in [1.807, 2.05) is 0 Å². The summed E-state index contributed by atoms with van der Waals surface area (Å²) in [5.41, 5.74) is 8.80. The van der Waals surface area contributed by atoms with Crippen molar-refractivity contribution in [3.63, 3.8) is 0 Å². The number of aromatic nitrogens is 3. The average molecular weight is 355 g/mol. The van der Waals surface area contributed by atoms with Crippen LogP contribution in [-0.2, 0) is 0 Å². The maximum absolute atomic E-state index is 4.50. The summed E-state index contributed by atoms with van der Waals surface area (Å²) in [5, 5.41) is 8.98. The van der Waals surface area contributed by atoms with Crippen molar-refractivity contribution in [1.29, 1.82) is 0 Å². The molecule has 0 bridgehead atoms. The Morgan fingerprint density at radius 2 is 1.85 bits per heavy atom. The molecule has 0 saturated heterocycles. The molecule has 1 fully saturated rings. The van der Waals surface area contributed by atoms with E-state index in [0.717, 1.165) is 11.9 Å². The van der Waals surface area contributed by atoms with E-state index >= 15 is 0 Å². The third-order valence-electron chi connectivity index (χ3n) is 6.09. The topological polar surface area (TPSA) is 30.7 Å². The highest BCUT2D eigenvalue weighted by molar-refractivity contribution is 5.92. The molecule has 1 saturated carbocycles. The Bertz CT molecular complexity index is 1050. The van der Waals surface area contributed by atoms with Crippen LogP contribution in [0.1, 0.15) is 61.3 Å². The molecule has 1 aromatic heterocycles. The predicted molar refractivity (Wildman–Crippen MR) is 111 cm³/mol. The maximum Gasteiger partial charge on any atom is 0.113 e. The van der Waals surface area contributed by atoms with E-state index in [1.54, 1.807) is 0 Å². The molecule has 27 heavy (non-hydrogen) atoms. The van der Waals surface area contributed by atoms with E-state index in [1.165, 1.54) is 65.5 Å². The molecule has 2 aliphatic carbocycles. The quantitative estimate of drug-likeness (QED) is 0.567. The molecule has 0 radical (unpaired) electrons. The van der Waals surface area contributed by atoms with Gasteiger partial charge in [0.05, 0.1) is 11.6 Å². The van der Waals surface area contributed by atoms with Crippen LogP contribution in [0.4, 0.5) is 0 Å². The van der Waals surface area contributed by atoms with Crippen molar-refractivity contribution in [3.05, 3.63) is 71.3 Å². The van der Waals surface area contributed by atoms with Gasteiger partial charge in [0.25, 0.3) is 0 Å². The Hall–Kier alpha value is -2.68. The van der Waals surface area contributed by atoms with Gasteiger partial charge in [-0.2, -0.15) is 0 Å². The smallest absolute Gasteiger partial charge is 0.113 e. The fraction of sp³-hybridized carbons (Fsp3) is 0.333. The summed E-state index contributed by atoms with van der Waals surface area (Å²) in [5.74, 6) is 0. The van der Waals surface area contributed by atoms with Gasteiger partial charge < -0.3 is 0 Å². The van der Waals surface area contributed by atoms with Crippen molar-refractivity contribution in [1.82, 2.24) is 15.0 Å². The predicted octanol–water partition coefficient (Wildman–Crippen LogP) is 6.12. The van der Waals surface area contributed by atoms with Crippen LogP contribution in [-0.4, -0.2) is 15.0 Å². The fourth-order valence-electron chi connectivity index (χ4n) is 4.55. The second kappa shape index (κ2) is 6.80. The Morgan fingerprint density at radius 1 is 1.00 bits per heavy atom. The molecule has 0 aliphatic heterocycles. The van der Waals surface area contributed by atoms with Crippen molar-refractivity contribution in [2.45, 2.75) is 51.5 Å². The molecule has 0 amide bonds. The first kappa shape index (κ1) is 16.5. The average Bonchev–Trinajstić information content (AvgIpc) is 3.36. The van der Waals surface area contributed by atoms with Gasteiger partial charge in [0.1, 0.15) is 5.52 Å². The first-order chi connectivity index (χ1) is 13.3. The number of benzene rings is 2. The normalized spacial score (nSPS) is 18.0. The first-order valence-electron chi connectivity index (χ1n) is 10.1. The lowest BCUT2D eigenvalue weighted by molar-refractivity contribution is 0.331. The minimum absolute atomic E-state index is 0.523. The molecule has 5 rings (SSSR count). The van der Waals surface area contributed by atoms with E-state index in [4.69, 9.17) is 0 Å². The number of rotatable bonds is 3. The highest BCUT2D eigenvalue weighted by Gasteiger charge is 2.19. The second-order valence-electron chi connectivity index (χ2n) is 7.88. The minimum atomic E-state index is 0.523. The number of hydrogen-bond donors (Lipinski definition) is 0. The van der Waals surface area contributed by atoms with Gasteiger partial charge in [-0.15, -0.1) is 5.10 Å². The number of hydrogen-bond acceptors (Lipinski definition) is 2. The van der Waals surface area contributed by atoms with Gasteiger partial charge in [0.15, 0.2) is 0 Å². The van der Waals surface area contributed by atoms with Crippen LogP contribution < -0.4 is 0 Å². The lowest BCUT2D eigenvalue weighted by atomic mass is 9.95. The van der Waals surface area contributed by atoms with E-state index in [2.05, 4.69) is 76.5 Å². The Balaban J connectivity index is 1.45. The zero-order valence-corrected chi connectivity index (χ0v) is 15.9. The molecule has 1 heterocycles. The second-order valence-corrected chi connectivity index (χ2v) is 7.88. The number of nitrogens with zero attached hydrogens (tertiary/aromatic N) is 3. The SMILES string of the molecule is Cc1ccccc1C1=CCC(c2ccc3c(c2)nnn3C2CCCCC2)=C1. The van der Waals surface area contributed by atoms with Crippen molar-refractivity contribution >= 4 is 22.2 Å².